The summed E-state index contributed by atoms with van der Waals surface area (Å²) >= 11 is 0. The van der Waals surface area contributed by atoms with Gasteiger partial charge in [-0.25, -0.2) is 4.79 Å². The second-order valence-corrected chi connectivity index (χ2v) is 2.38. The van der Waals surface area contributed by atoms with E-state index in [1.165, 1.54) is 0 Å². The highest BCUT2D eigenvalue weighted by Crippen LogP contribution is 2.13. The molecule has 0 unspecified atom stereocenters. The average Bonchev–Trinajstić information content (AvgIpc) is 1.88. The molecule has 0 bridgehead atoms. The molecular weight excluding hydrogens is 136 g/mol. The zero-order valence-corrected chi connectivity index (χ0v) is 5.49. The maximum absolute atomic E-state index is 10.3. The molecule has 4 nitrogen and oxygen atoms in total. The highest BCUT2D eigenvalue weighted by molar-refractivity contribution is 5.72. The third-order valence-corrected chi connectivity index (χ3v) is 1.53. The summed E-state index contributed by atoms with van der Waals surface area (Å²) in [6.45, 7) is 0.345. The number of carboxylic acids is 1. The number of hydrogen-bond acceptors (Lipinski definition) is 3. The molecule has 1 heterocycles. The van der Waals surface area contributed by atoms with E-state index in [1.54, 1.807) is 0 Å². The van der Waals surface area contributed by atoms with Gasteiger partial charge < -0.3 is 14.9 Å². The summed E-state index contributed by atoms with van der Waals surface area (Å²) in [6.07, 6.45) is -0.544. The highest BCUT2D eigenvalue weighted by Gasteiger charge is 2.26. The van der Waals surface area contributed by atoms with Crippen LogP contribution in [-0.2, 0) is 9.53 Å². The summed E-state index contributed by atoms with van der Waals surface area (Å²) in [7, 11) is 0. The van der Waals surface area contributed by atoms with E-state index >= 15 is 0 Å². The Morgan fingerprint density at radius 2 is 2.30 bits per heavy atom. The molecule has 4 heteroatoms. The summed E-state index contributed by atoms with van der Waals surface area (Å²) in [5.74, 6) is -0.987. The summed E-state index contributed by atoms with van der Waals surface area (Å²) < 4.78 is 4.85. The molecule has 1 aliphatic heterocycles. The van der Waals surface area contributed by atoms with Crippen LogP contribution in [0.3, 0.4) is 0 Å². The second-order valence-electron chi connectivity index (χ2n) is 2.38. The van der Waals surface area contributed by atoms with Crippen molar-refractivity contribution in [2.75, 3.05) is 6.61 Å². The van der Waals surface area contributed by atoms with Gasteiger partial charge in [0.2, 0.25) is 0 Å². The van der Waals surface area contributed by atoms with Crippen LogP contribution in [0.15, 0.2) is 0 Å². The van der Waals surface area contributed by atoms with E-state index in [4.69, 9.17) is 14.9 Å². The van der Waals surface area contributed by atoms with Crippen molar-refractivity contribution in [3.05, 3.63) is 0 Å². The molecule has 0 aliphatic carbocycles. The second kappa shape index (κ2) is 2.98. The van der Waals surface area contributed by atoms with Crippen molar-refractivity contribution in [1.29, 1.82) is 0 Å². The van der Waals surface area contributed by atoms with E-state index in [1.807, 2.05) is 0 Å². The largest absolute Gasteiger partial charge is 0.479 e. The smallest absolute Gasteiger partial charge is 0.332 e. The molecular formula is C6H10O4. The predicted octanol–water partition coefficient (Wildman–Crippen LogP) is -0.389. The zero-order valence-electron chi connectivity index (χ0n) is 5.49. The Hall–Kier alpha value is -0.610. The van der Waals surface area contributed by atoms with Crippen LogP contribution in [0.4, 0.5) is 0 Å². The molecule has 1 saturated heterocycles. The zero-order chi connectivity index (χ0) is 7.56. The third kappa shape index (κ3) is 1.68. The highest BCUT2D eigenvalue weighted by atomic mass is 16.5. The summed E-state index contributed by atoms with van der Waals surface area (Å²) in [5.41, 5.74) is 0. The molecule has 2 atom stereocenters. The van der Waals surface area contributed by atoms with Gasteiger partial charge in [0.05, 0.1) is 12.7 Å². The van der Waals surface area contributed by atoms with Gasteiger partial charge in [-0.2, -0.15) is 0 Å². The Labute approximate surface area is 58.4 Å². The van der Waals surface area contributed by atoms with Crippen LogP contribution >= 0.6 is 0 Å². The van der Waals surface area contributed by atoms with Crippen LogP contribution in [0, 0.1) is 0 Å². The van der Waals surface area contributed by atoms with E-state index < -0.39 is 18.2 Å². The maximum Gasteiger partial charge on any atom is 0.332 e. The maximum atomic E-state index is 10.3. The Morgan fingerprint density at radius 3 is 2.70 bits per heavy atom. The van der Waals surface area contributed by atoms with Crippen molar-refractivity contribution in [1.82, 2.24) is 0 Å². The molecule has 0 aromatic rings. The lowest BCUT2D eigenvalue weighted by Crippen LogP contribution is -2.34. The van der Waals surface area contributed by atoms with Gasteiger partial charge in [-0.05, 0) is 6.42 Å². The van der Waals surface area contributed by atoms with Crippen molar-refractivity contribution in [3.8, 4) is 0 Å². The minimum Gasteiger partial charge on any atom is -0.479 e. The van der Waals surface area contributed by atoms with Crippen molar-refractivity contribution >= 4 is 5.97 Å². The lowest BCUT2D eigenvalue weighted by Gasteiger charge is -2.22. The lowest BCUT2D eigenvalue weighted by molar-refractivity contribution is -0.157. The Morgan fingerprint density at radius 1 is 1.60 bits per heavy atom. The molecule has 0 spiro atoms. The summed E-state index contributed by atoms with van der Waals surface area (Å²) in [5, 5.41) is 17.4. The number of aliphatic hydroxyl groups is 1. The van der Waals surface area contributed by atoms with Crippen molar-refractivity contribution in [2.24, 2.45) is 0 Å². The Bertz CT molecular complexity index is 134. The molecule has 1 aliphatic rings. The fourth-order valence-electron chi connectivity index (χ4n) is 0.951. The molecule has 0 aromatic carbocycles. The molecule has 10 heavy (non-hydrogen) atoms. The van der Waals surface area contributed by atoms with Gasteiger partial charge >= 0.3 is 5.97 Å². The van der Waals surface area contributed by atoms with Crippen molar-refractivity contribution in [2.45, 2.75) is 25.0 Å². The minimum absolute atomic E-state index is 0.218. The minimum atomic E-state index is -0.987. The normalized spacial score (nSPS) is 33.7. The number of rotatable bonds is 1. The van der Waals surface area contributed by atoms with Gasteiger partial charge in [-0.3, -0.25) is 0 Å². The molecule has 2 N–H and O–H groups in total. The SMILES string of the molecule is O=C(O)[C@H]1C[C@@H](O)CCO1. The summed E-state index contributed by atoms with van der Waals surface area (Å²) in [4.78, 5) is 10.3. The first-order valence-electron chi connectivity index (χ1n) is 3.22. The number of aliphatic hydroxyl groups excluding tert-OH is 1. The molecule has 0 aromatic heterocycles. The lowest BCUT2D eigenvalue weighted by atomic mass is 10.1. The summed E-state index contributed by atoms with van der Waals surface area (Å²) in [6, 6.07) is 0. The van der Waals surface area contributed by atoms with Gasteiger partial charge in [0, 0.05) is 6.42 Å². The average molecular weight is 146 g/mol. The van der Waals surface area contributed by atoms with Crippen LogP contribution < -0.4 is 0 Å². The molecule has 1 fully saturated rings. The molecule has 1 rings (SSSR count). The van der Waals surface area contributed by atoms with E-state index in [-0.39, 0.29) is 6.42 Å². The van der Waals surface area contributed by atoms with Crippen molar-refractivity contribution < 1.29 is 19.7 Å². The van der Waals surface area contributed by atoms with E-state index in [0.29, 0.717) is 13.0 Å². The Balaban J connectivity index is 2.39. The molecule has 58 valence electrons. The van der Waals surface area contributed by atoms with Crippen LogP contribution in [0.2, 0.25) is 0 Å². The number of aliphatic carboxylic acids is 1. The number of ether oxygens (including phenoxy) is 1. The standard InChI is InChI=1S/C6H10O4/c7-4-1-2-10-5(3-4)6(8)9/h4-5,7H,1-3H2,(H,8,9)/t4-,5+/m0/s1. The fourth-order valence-corrected chi connectivity index (χ4v) is 0.951. The number of carboxylic acid groups (broad SMARTS) is 1. The Kier molecular flexibility index (Phi) is 2.24. The molecule has 0 radical (unpaired) electrons. The quantitative estimate of drug-likeness (QED) is 0.528. The monoisotopic (exact) mass is 146 g/mol. The van der Waals surface area contributed by atoms with Crippen LogP contribution in [0.25, 0.3) is 0 Å². The van der Waals surface area contributed by atoms with Crippen molar-refractivity contribution in [3.63, 3.8) is 0 Å². The first kappa shape index (κ1) is 7.50. The van der Waals surface area contributed by atoms with E-state index in [0.717, 1.165) is 0 Å². The topological polar surface area (TPSA) is 66.8 Å². The van der Waals surface area contributed by atoms with Gasteiger partial charge in [-0.15, -0.1) is 0 Å². The van der Waals surface area contributed by atoms with Crippen LogP contribution in [0.5, 0.6) is 0 Å². The fraction of sp³-hybridized carbons (Fsp3) is 0.833. The van der Waals surface area contributed by atoms with Gasteiger partial charge in [0.25, 0.3) is 0 Å². The third-order valence-electron chi connectivity index (χ3n) is 1.53. The van der Waals surface area contributed by atoms with E-state index in [9.17, 15) is 4.79 Å². The molecule has 0 saturated carbocycles. The van der Waals surface area contributed by atoms with Gasteiger partial charge in [-0.1, -0.05) is 0 Å². The molecule has 0 amide bonds. The van der Waals surface area contributed by atoms with E-state index in [2.05, 4.69) is 0 Å². The predicted molar refractivity (Wildman–Crippen MR) is 32.6 cm³/mol. The van der Waals surface area contributed by atoms with Gasteiger partial charge in [0.15, 0.2) is 6.10 Å². The number of carbonyl (C=O) groups is 1. The first-order chi connectivity index (χ1) is 4.70. The van der Waals surface area contributed by atoms with Crippen LogP contribution in [-0.4, -0.2) is 35.0 Å². The van der Waals surface area contributed by atoms with Gasteiger partial charge in [0.1, 0.15) is 0 Å². The van der Waals surface area contributed by atoms with Crippen LogP contribution in [0.1, 0.15) is 12.8 Å². The number of hydrogen-bond donors (Lipinski definition) is 2. The first-order valence-corrected chi connectivity index (χ1v) is 3.22.